The third-order valence-corrected chi connectivity index (χ3v) is 2.47. The first-order chi connectivity index (χ1) is 8.63. The van der Waals surface area contributed by atoms with Crippen LogP contribution in [-0.4, -0.2) is 16.4 Å². The molecule has 4 nitrogen and oxygen atoms in total. The number of hydrogen-bond donors (Lipinski definition) is 2. The van der Waals surface area contributed by atoms with Crippen molar-refractivity contribution >= 4 is 6.16 Å². The van der Waals surface area contributed by atoms with Crippen molar-refractivity contribution in [3.8, 4) is 11.5 Å². The van der Waals surface area contributed by atoms with E-state index >= 15 is 0 Å². The molecular formula is C14H12O4. The monoisotopic (exact) mass is 244 g/mol. The third-order valence-electron chi connectivity index (χ3n) is 2.47. The molecule has 0 fully saturated rings. The molecule has 0 aliphatic rings. The second-order valence-electron chi connectivity index (χ2n) is 3.86. The van der Waals surface area contributed by atoms with E-state index in [0.717, 1.165) is 11.1 Å². The van der Waals surface area contributed by atoms with Crippen molar-refractivity contribution in [1.82, 2.24) is 0 Å². The van der Waals surface area contributed by atoms with Crippen molar-refractivity contribution in [2.75, 3.05) is 0 Å². The molecule has 0 heterocycles. The number of benzene rings is 2. The molecule has 0 atom stereocenters. The molecule has 0 radical (unpaired) electrons. The lowest BCUT2D eigenvalue weighted by atomic mass is 10.0. The maximum atomic E-state index is 10.3. The minimum atomic E-state index is -1.32. The molecule has 92 valence electrons. The Morgan fingerprint density at radius 3 is 1.94 bits per heavy atom. The van der Waals surface area contributed by atoms with Crippen LogP contribution in [0.2, 0.25) is 0 Å². The predicted octanol–water partition coefficient (Wildman–Crippen LogP) is 3.04. The summed E-state index contributed by atoms with van der Waals surface area (Å²) in [7, 11) is 0. The Kier molecular flexibility index (Phi) is 3.48. The molecule has 0 aliphatic heterocycles. The second-order valence-corrected chi connectivity index (χ2v) is 3.86. The van der Waals surface area contributed by atoms with E-state index in [9.17, 15) is 9.90 Å². The van der Waals surface area contributed by atoms with Gasteiger partial charge in [-0.15, -0.1) is 0 Å². The van der Waals surface area contributed by atoms with Crippen LogP contribution >= 0.6 is 0 Å². The van der Waals surface area contributed by atoms with Crippen LogP contribution in [0.1, 0.15) is 11.1 Å². The Labute approximate surface area is 104 Å². The highest BCUT2D eigenvalue weighted by Crippen LogP contribution is 2.17. The van der Waals surface area contributed by atoms with Crippen molar-refractivity contribution in [3.05, 3.63) is 59.7 Å². The first-order valence-corrected chi connectivity index (χ1v) is 5.41. The van der Waals surface area contributed by atoms with Crippen LogP contribution in [0.25, 0.3) is 0 Å². The van der Waals surface area contributed by atoms with Crippen molar-refractivity contribution in [1.29, 1.82) is 0 Å². The van der Waals surface area contributed by atoms with E-state index in [2.05, 4.69) is 4.74 Å². The summed E-state index contributed by atoms with van der Waals surface area (Å²) in [6.07, 6.45) is -0.602. The van der Waals surface area contributed by atoms with Gasteiger partial charge in [-0.3, -0.25) is 0 Å². The highest BCUT2D eigenvalue weighted by molar-refractivity contribution is 5.61. The Morgan fingerprint density at radius 2 is 1.44 bits per heavy atom. The number of carbonyl (C=O) groups is 1. The smallest absolute Gasteiger partial charge is 0.508 e. The largest absolute Gasteiger partial charge is 0.511 e. The fourth-order valence-electron chi connectivity index (χ4n) is 1.63. The van der Waals surface area contributed by atoms with Crippen molar-refractivity contribution < 1.29 is 19.7 Å². The van der Waals surface area contributed by atoms with E-state index < -0.39 is 6.16 Å². The zero-order chi connectivity index (χ0) is 13.0. The SMILES string of the molecule is O=C(O)Oc1ccc(Cc2ccc(O)cc2)cc1. The molecule has 2 aromatic carbocycles. The van der Waals surface area contributed by atoms with Crippen LogP contribution in [0, 0.1) is 0 Å². The van der Waals surface area contributed by atoms with Crippen LogP contribution in [-0.2, 0) is 6.42 Å². The molecule has 18 heavy (non-hydrogen) atoms. The van der Waals surface area contributed by atoms with E-state index in [1.54, 1.807) is 24.3 Å². The summed E-state index contributed by atoms with van der Waals surface area (Å²) in [5.74, 6) is 0.543. The molecule has 2 N–H and O–H groups in total. The minimum Gasteiger partial charge on any atom is -0.508 e. The fraction of sp³-hybridized carbons (Fsp3) is 0.0714. The summed E-state index contributed by atoms with van der Waals surface area (Å²) < 4.78 is 4.52. The molecule has 0 aromatic heterocycles. The number of hydrogen-bond acceptors (Lipinski definition) is 3. The number of aromatic hydroxyl groups is 1. The number of ether oxygens (including phenoxy) is 1. The van der Waals surface area contributed by atoms with Crippen LogP contribution in [0.3, 0.4) is 0 Å². The number of carboxylic acid groups (broad SMARTS) is 1. The van der Waals surface area contributed by atoms with Crippen molar-refractivity contribution in [2.24, 2.45) is 0 Å². The van der Waals surface area contributed by atoms with Gasteiger partial charge in [-0.25, -0.2) is 4.79 Å². The van der Waals surface area contributed by atoms with Gasteiger partial charge in [0.05, 0.1) is 0 Å². The summed E-state index contributed by atoms with van der Waals surface area (Å²) in [5, 5.41) is 17.6. The average Bonchev–Trinajstić information content (AvgIpc) is 2.34. The maximum Gasteiger partial charge on any atom is 0.511 e. The molecular weight excluding hydrogens is 232 g/mol. The summed E-state index contributed by atoms with van der Waals surface area (Å²) >= 11 is 0. The third kappa shape index (κ3) is 3.25. The topological polar surface area (TPSA) is 66.8 Å². The lowest BCUT2D eigenvalue weighted by molar-refractivity contribution is 0.144. The van der Waals surface area contributed by atoms with Gasteiger partial charge in [0.15, 0.2) is 0 Å². The number of rotatable bonds is 3. The van der Waals surface area contributed by atoms with Gasteiger partial charge in [0, 0.05) is 0 Å². The molecule has 2 rings (SSSR count). The average molecular weight is 244 g/mol. The maximum absolute atomic E-state index is 10.3. The molecule has 0 bridgehead atoms. The summed E-state index contributed by atoms with van der Waals surface area (Å²) in [5.41, 5.74) is 2.11. The molecule has 2 aromatic rings. The van der Waals surface area contributed by atoms with Gasteiger partial charge in [0.1, 0.15) is 11.5 Å². The van der Waals surface area contributed by atoms with Gasteiger partial charge in [-0.2, -0.15) is 0 Å². The molecule has 0 aliphatic carbocycles. The zero-order valence-electron chi connectivity index (χ0n) is 9.54. The van der Waals surface area contributed by atoms with Crippen LogP contribution in [0.5, 0.6) is 11.5 Å². The highest BCUT2D eigenvalue weighted by Gasteiger charge is 2.01. The quantitative estimate of drug-likeness (QED) is 0.643. The molecule has 0 spiro atoms. The van der Waals surface area contributed by atoms with Gasteiger partial charge < -0.3 is 14.9 Å². The minimum absolute atomic E-state index is 0.240. The van der Waals surface area contributed by atoms with Gasteiger partial charge in [0.25, 0.3) is 0 Å². The van der Waals surface area contributed by atoms with E-state index in [4.69, 9.17) is 5.11 Å². The molecule has 0 unspecified atom stereocenters. The first kappa shape index (κ1) is 12.0. The van der Waals surface area contributed by atoms with E-state index in [-0.39, 0.29) is 5.75 Å². The molecule has 0 saturated heterocycles. The standard InChI is InChI=1S/C14H12O4/c15-12-5-1-10(2-6-12)9-11-3-7-13(8-4-11)18-14(16)17/h1-8,15H,9H2,(H,16,17). The molecule has 4 heteroatoms. The molecule has 0 saturated carbocycles. The Bertz CT molecular complexity index is 529. The lowest BCUT2D eigenvalue weighted by Crippen LogP contribution is -2.02. The Hall–Kier alpha value is -2.49. The zero-order valence-corrected chi connectivity index (χ0v) is 9.54. The van der Waals surface area contributed by atoms with E-state index in [1.807, 2.05) is 24.3 Å². The lowest BCUT2D eigenvalue weighted by Gasteiger charge is -2.04. The summed E-state index contributed by atoms with van der Waals surface area (Å²) in [6, 6.07) is 13.8. The first-order valence-electron chi connectivity index (χ1n) is 5.41. The van der Waals surface area contributed by atoms with Gasteiger partial charge in [0.2, 0.25) is 0 Å². The predicted molar refractivity (Wildman–Crippen MR) is 66.0 cm³/mol. The highest BCUT2D eigenvalue weighted by atomic mass is 16.7. The van der Waals surface area contributed by atoms with E-state index in [1.165, 1.54) is 0 Å². The Balaban J connectivity index is 2.06. The van der Waals surface area contributed by atoms with Crippen molar-refractivity contribution in [2.45, 2.75) is 6.42 Å². The van der Waals surface area contributed by atoms with E-state index in [0.29, 0.717) is 12.2 Å². The van der Waals surface area contributed by atoms with Crippen LogP contribution < -0.4 is 4.74 Å². The van der Waals surface area contributed by atoms with Gasteiger partial charge >= 0.3 is 6.16 Å². The van der Waals surface area contributed by atoms with Gasteiger partial charge in [-0.1, -0.05) is 24.3 Å². The second kappa shape index (κ2) is 5.23. The van der Waals surface area contributed by atoms with Gasteiger partial charge in [-0.05, 0) is 41.8 Å². The normalized spacial score (nSPS) is 10.0. The summed E-state index contributed by atoms with van der Waals surface area (Å²) in [4.78, 5) is 10.3. The Morgan fingerprint density at radius 1 is 0.944 bits per heavy atom. The van der Waals surface area contributed by atoms with Crippen molar-refractivity contribution in [3.63, 3.8) is 0 Å². The fourth-order valence-corrected chi connectivity index (χ4v) is 1.63. The summed E-state index contributed by atoms with van der Waals surface area (Å²) in [6.45, 7) is 0. The molecule has 0 amide bonds. The number of phenolic OH excluding ortho intramolecular Hbond substituents is 1. The number of phenols is 1. The van der Waals surface area contributed by atoms with Crippen LogP contribution in [0.4, 0.5) is 4.79 Å². The van der Waals surface area contributed by atoms with Crippen LogP contribution in [0.15, 0.2) is 48.5 Å².